The van der Waals surface area contributed by atoms with Crippen LogP contribution in [0.4, 0.5) is 17.6 Å². The highest BCUT2D eigenvalue weighted by molar-refractivity contribution is 5.74. The molecule has 1 saturated heterocycles. The van der Waals surface area contributed by atoms with E-state index in [2.05, 4.69) is 0 Å². The predicted molar refractivity (Wildman–Crippen MR) is 93.6 cm³/mol. The molecule has 1 heterocycles. The predicted octanol–water partition coefficient (Wildman–Crippen LogP) is 4.49. The fourth-order valence-corrected chi connectivity index (χ4v) is 3.76. The number of alkyl halides is 3. The lowest BCUT2D eigenvalue weighted by Gasteiger charge is -2.33. The average molecular weight is 397 g/mol. The van der Waals surface area contributed by atoms with E-state index in [1.54, 1.807) is 0 Å². The fourth-order valence-electron chi connectivity index (χ4n) is 3.76. The molecule has 2 aromatic carbocycles. The summed E-state index contributed by atoms with van der Waals surface area (Å²) in [4.78, 5) is 13.2. The zero-order valence-electron chi connectivity index (χ0n) is 15.0. The molecule has 2 atom stereocenters. The van der Waals surface area contributed by atoms with E-state index in [9.17, 15) is 27.5 Å². The molecule has 0 aliphatic carbocycles. The van der Waals surface area contributed by atoms with E-state index in [1.807, 2.05) is 0 Å². The standard InChI is InChI=1S/C20H19F4NO3/c1-28-17-9-8-12(11-15(17)21)18(25-10-4-7-16(25)19(26)27)13-5-2-3-6-14(13)20(22,23)24/h2-3,5-6,8-9,11,16,18H,4,7,10H2,1H3,(H,26,27). The molecule has 0 saturated carbocycles. The van der Waals surface area contributed by atoms with Crippen LogP contribution in [0, 0.1) is 5.82 Å². The van der Waals surface area contributed by atoms with Gasteiger partial charge in [0.15, 0.2) is 11.6 Å². The Morgan fingerprint density at radius 1 is 1.25 bits per heavy atom. The van der Waals surface area contributed by atoms with E-state index in [0.29, 0.717) is 19.4 Å². The number of hydrogen-bond donors (Lipinski definition) is 1. The molecule has 0 amide bonds. The van der Waals surface area contributed by atoms with Crippen molar-refractivity contribution >= 4 is 5.97 Å². The molecule has 0 bridgehead atoms. The van der Waals surface area contributed by atoms with Crippen LogP contribution in [0.15, 0.2) is 42.5 Å². The fraction of sp³-hybridized carbons (Fsp3) is 0.350. The highest BCUT2D eigenvalue weighted by Crippen LogP contribution is 2.42. The van der Waals surface area contributed by atoms with E-state index >= 15 is 0 Å². The van der Waals surface area contributed by atoms with Crippen molar-refractivity contribution in [1.29, 1.82) is 0 Å². The first kappa shape index (κ1) is 20.1. The molecule has 4 nitrogen and oxygen atoms in total. The molecule has 150 valence electrons. The number of halogens is 4. The largest absolute Gasteiger partial charge is 0.494 e. The van der Waals surface area contributed by atoms with E-state index in [-0.39, 0.29) is 16.9 Å². The molecule has 0 aromatic heterocycles. The van der Waals surface area contributed by atoms with Crippen molar-refractivity contribution in [2.75, 3.05) is 13.7 Å². The van der Waals surface area contributed by atoms with Crippen LogP contribution in [0.5, 0.6) is 5.75 Å². The van der Waals surface area contributed by atoms with Crippen LogP contribution in [0.1, 0.15) is 35.6 Å². The number of benzene rings is 2. The molecule has 1 aliphatic heterocycles. The molecule has 1 N–H and O–H groups in total. The molecule has 2 aromatic rings. The lowest BCUT2D eigenvalue weighted by Crippen LogP contribution is -2.40. The molecular formula is C20H19F4NO3. The van der Waals surface area contributed by atoms with E-state index in [0.717, 1.165) is 12.1 Å². The maximum absolute atomic E-state index is 14.3. The Labute approximate surface area is 159 Å². The molecule has 2 unspecified atom stereocenters. The van der Waals surface area contributed by atoms with Gasteiger partial charge in [-0.25, -0.2) is 4.39 Å². The van der Waals surface area contributed by atoms with Gasteiger partial charge in [0.2, 0.25) is 0 Å². The molecule has 3 rings (SSSR count). The number of hydrogen-bond acceptors (Lipinski definition) is 3. The summed E-state index contributed by atoms with van der Waals surface area (Å²) in [6, 6.07) is 6.91. The highest BCUT2D eigenvalue weighted by Gasteiger charge is 2.41. The van der Waals surface area contributed by atoms with Gasteiger partial charge in [0.1, 0.15) is 6.04 Å². The maximum atomic E-state index is 14.3. The van der Waals surface area contributed by atoms with E-state index < -0.39 is 35.6 Å². The molecular weight excluding hydrogens is 378 g/mol. The molecule has 8 heteroatoms. The Kier molecular flexibility index (Phi) is 5.60. The average Bonchev–Trinajstić information content (AvgIpc) is 3.11. The molecule has 0 radical (unpaired) electrons. The maximum Gasteiger partial charge on any atom is 0.416 e. The van der Waals surface area contributed by atoms with Crippen molar-refractivity contribution in [1.82, 2.24) is 4.90 Å². The smallest absolute Gasteiger partial charge is 0.416 e. The third-order valence-corrected chi connectivity index (χ3v) is 4.96. The summed E-state index contributed by atoms with van der Waals surface area (Å²) >= 11 is 0. The summed E-state index contributed by atoms with van der Waals surface area (Å²) in [7, 11) is 1.29. The number of aliphatic carboxylic acids is 1. The summed E-state index contributed by atoms with van der Waals surface area (Å²) in [6.07, 6.45) is -3.78. The van der Waals surface area contributed by atoms with Gasteiger partial charge in [-0.05, 0) is 42.2 Å². The van der Waals surface area contributed by atoms with Crippen LogP contribution in [0.3, 0.4) is 0 Å². The summed E-state index contributed by atoms with van der Waals surface area (Å²) in [5.41, 5.74) is -0.733. The zero-order chi connectivity index (χ0) is 20.5. The summed E-state index contributed by atoms with van der Waals surface area (Å²) < 4.78 is 60.1. The minimum absolute atomic E-state index is 0.0391. The highest BCUT2D eigenvalue weighted by atomic mass is 19.4. The van der Waals surface area contributed by atoms with Gasteiger partial charge >= 0.3 is 12.1 Å². The van der Waals surface area contributed by atoms with Gasteiger partial charge in [0, 0.05) is 6.54 Å². The molecule has 0 spiro atoms. The van der Waals surface area contributed by atoms with Crippen LogP contribution in [-0.4, -0.2) is 35.7 Å². The monoisotopic (exact) mass is 397 g/mol. The van der Waals surface area contributed by atoms with Crippen molar-refractivity contribution in [3.8, 4) is 5.75 Å². The second-order valence-electron chi connectivity index (χ2n) is 6.62. The van der Waals surface area contributed by atoms with Gasteiger partial charge < -0.3 is 9.84 Å². The van der Waals surface area contributed by atoms with Crippen LogP contribution < -0.4 is 4.74 Å². The third kappa shape index (κ3) is 3.82. The SMILES string of the molecule is COc1ccc(C(c2ccccc2C(F)(F)F)N2CCCC2C(=O)O)cc1F. The number of carboxylic acids is 1. The number of carboxylic acid groups (broad SMARTS) is 1. The normalized spacial score (nSPS) is 18.8. The van der Waals surface area contributed by atoms with Crippen molar-refractivity contribution in [3.05, 3.63) is 65.0 Å². The van der Waals surface area contributed by atoms with Crippen LogP contribution in [0.25, 0.3) is 0 Å². The Balaban J connectivity index is 2.19. The quantitative estimate of drug-likeness (QED) is 0.756. The number of ether oxygens (including phenoxy) is 1. The van der Waals surface area contributed by atoms with Crippen molar-refractivity contribution in [2.24, 2.45) is 0 Å². The minimum Gasteiger partial charge on any atom is -0.494 e. The van der Waals surface area contributed by atoms with Gasteiger partial charge in [-0.3, -0.25) is 9.69 Å². The van der Waals surface area contributed by atoms with Crippen molar-refractivity contribution in [2.45, 2.75) is 31.1 Å². The Morgan fingerprint density at radius 3 is 2.57 bits per heavy atom. The zero-order valence-corrected chi connectivity index (χ0v) is 15.0. The minimum atomic E-state index is -4.63. The van der Waals surface area contributed by atoms with Crippen molar-refractivity contribution in [3.63, 3.8) is 0 Å². The number of rotatable bonds is 5. The first-order valence-corrected chi connectivity index (χ1v) is 8.72. The molecule has 1 fully saturated rings. The van der Waals surface area contributed by atoms with Crippen LogP contribution >= 0.6 is 0 Å². The topological polar surface area (TPSA) is 49.8 Å². The van der Waals surface area contributed by atoms with Gasteiger partial charge in [-0.2, -0.15) is 13.2 Å². The van der Waals surface area contributed by atoms with Gasteiger partial charge in [0.25, 0.3) is 0 Å². The van der Waals surface area contributed by atoms with Gasteiger partial charge in [-0.15, -0.1) is 0 Å². The number of methoxy groups -OCH3 is 1. The number of likely N-dealkylation sites (tertiary alicyclic amines) is 1. The molecule has 28 heavy (non-hydrogen) atoms. The lowest BCUT2D eigenvalue weighted by atomic mass is 9.92. The first-order chi connectivity index (χ1) is 13.2. The van der Waals surface area contributed by atoms with E-state index in [1.165, 1.54) is 42.3 Å². The lowest BCUT2D eigenvalue weighted by molar-refractivity contribution is -0.143. The van der Waals surface area contributed by atoms with Gasteiger partial charge in [0.05, 0.1) is 18.7 Å². The Bertz CT molecular complexity index is 869. The van der Waals surface area contributed by atoms with E-state index in [4.69, 9.17) is 4.74 Å². The van der Waals surface area contributed by atoms with Crippen molar-refractivity contribution < 1.29 is 32.2 Å². The number of nitrogens with zero attached hydrogens (tertiary/aromatic N) is 1. The second kappa shape index (κ2) is 7.79. The van der Waals surface area contributed by atoms with Gasteiger partial charge in [-0.1, -0.05) is 24.3 Å². The van der Waals surface area contributed by atoms with Crippen LogP contribution in [-0.2, 0) is 11.0 Å². The third-order valence-electron chi connectivity index (χ3n) is 4.96. The first-order valence-electron chi connectivity index (χ1n) is 8.72. The number of carbonyl (C=O) groups is 1. The summed E-state index contributed by atoms with van der Waals surface area (Å²) in [5, 5.41) is 9.53. The van der Waals surface area contributed by atoms with Crippen LogP contribution in [0.2, 0.25) is 0 Å². The Morgan fingerprint density at radius 2 is 1.96 bits per heavy atom. The summed E-state index contributed by atoms with van der Waals surface area (Å²) in [6.45, 7) is 0.293. The molecule has 1 aliphatic rings. The Hall–Kier alpha value is -2.61. The second-order valence-corrected chi connectivity index (χ2v) is 6.62. The summed E-state index contributed by atoms with van der Waals surface area (Å²) in [5.74, 6) is -1.87.